The number of nitrogens with zero attached hydrogens (tertiary/aromatic N) is 2. The molecule has 5 nitrogen and oxygen atoms in total. The molecular formula is C14H27N3O2. The number of aliphatic hydroxyl groups is 1. The maximum absolute atomic E-state index is 11.9. The van der Waals surface area contributed by atoms with Gasteiger partial charge in [0.1, 0.15) is 0 Å². The van der Waals surface area contributed by atoms with Gasteiger partial charge in [0.25, 0.3) is 0 Å². The van der Waals surface area contributed by atoms with Crippen LogP contribution in [0.4, 0.5) is 0 Å². The summed E-state index contributed by atoms with van der Waals surface area (Å²) in [5.41, 5.74) is 0. The first-order chi connectivity index (χ1) is 9.04. The Morgan fingerprint density at radius 3 is 2.32 bits per heavy atom. The van der Waals surface area contributed by atoms with E-state index in [0.717, 1.165) is 32.7 Å². The number of piperazine rings is 1. The Labute approximate surface area is 115 Å². The van der Waals surface area contributed by atoms with E-state index in [2.05, 4.69) is 22.0 Å². The summed E-state index contributed by atoms with van der Waals surface area (Å²) in [6.07, 6.45) is 2.26. The summed E-state index contributed by atoms with van der Waals surface area (Å²) in [6, 6.07) is 0.337. The highest BCUT2D eigenvalue weighted by Crippen LogP contribution is 2.32. The van der Waals surface area contributed by atoms with Crippen molar-refractivity contribution >= 4 is 5.91 Å². The van der Waals surface area contributed by atoms with Crippen LogP contribution in [0.15, 0.2) is 0 Å². The molecule has 0 bridgehead atoms. The average molecular weight is 269 g/mol. The van der Waals surface area contributed by atoms with E-state index >= 15 is 0 Å². The molecular weight excluding hydrogens is 242 g/mol. The Hall–Kier alpha value is -0.650. The fourth-order valence-corrected chi connectivity index (χ4v) is 2.72. The molecule has 1 amide bonds. The van der Waals surface area contributed by atoms with Crippen LogP contribution in [-0.4, -0.2) is 72.2 Å². The van der Waals surface area contributed by atoms with Crippen LogP contribution in [0.25, 0.3) is 0 Å². The minimum Gasteiger partial charge on any atom is -0.392 e. The van der Waals surface area contributed by atoms with Crippen molar-refractivity contribution in [3.63, 3.8) is 0 Å². The SMILES string of the molecule is C[C@H](O)CN1CCN(CC(=O)N[C@H](C)C2CC2)CC1. The molecule has 5 heteroatoms. The van der Waals surface area contributed by atoms with Gasteiger partial charge in [-0.05, 0) is 32.6 Å². The topological polar surface area (TPSA) is 55.8 Å². The van der Waals surface area contributed by atoms with Crippen LogP contribution < -0.4 is 5.32 Å². The summed E-state index contributed by atoms with van der Waals surface area (Å²) in [7, 11) is 0. The van der Waals surface area contributed by atoms with E-state index in [-0.39, 0.29) is 12.0 Å². The Morgan fingerprint density at radius 1 is 1.21 bits per heavy atom. The van der Waals surface area contributed by atoms with Crippen LogP contribution in [0.3, 0.4) is 0 Å². The number of rotatable bonds is 6. The van der Waals surface area contributed by atoms with E-state index in [4.69, 9.17) is 0 Å². The van der Waals surface area contributed by atoms with Crippen molar-refractivity contribution in [2.24, 2.45) is 5.92 Å². The average Bonchev–Trinajstić information content (AvgIpc) is 3.14. The lowest BCUT2D eigenvalue weighted by Gasteiger charge is -2.35. The molecule has 2 atom stereocenters. The molecule has 0 aromatic heterocycles. The van der Waals surface area contributed by atoms with E-state index in [9.17, 15) is 9.90 Å². The molecule has 2 N–H and O–H groups in total. The second kappa shape index (κ2) is 6.68. The van der Waals surface area contributed by atoms with E-state index < -0.39 is 0 Å². The minimum atomic E-state index is -0.269. The number of β-amino-alcohol motifs (C(OH)–C–C–N with tert-alkyl or cyclic N) is 1. The summed E-state index contributed by atoms with van der Waals surface area (Å²) in [6.45, 7) is 8.89. The monoisotopic (exact) mass is 269 g/mol. The predicted molar refractivity (Wildman–Crippen MR) is 74.9 cm³/mol. The van der Waals surface area contributed by atoms with Gasteiger partial charge in [0.15, 0.2) is 0 Å². The van der Waals surface area contributed by atoms with E-state index in [1.54, 1.807) is 0 Å². The molecule has 2 fully saturated rings. The highest BCUT2D eigenvalue weighted by atomic mass is 16.3. The fourth-order valence-electron chi connectivity index (χ4n) is 2.72. The summed E-state index contributed by atoms with van der Waals surface area (Å²) in [5, 5.41) is 12.5. The molecule has 2 aliphatic rings. The van der Waals surface area contributed by atoms with Crippen molar-refractivity contribution in [3.05, 3.63) is 0 Å². The Kier molecular flexibility index (Phi) is 5.19. The smallest absolute Gasteiger partial charge is 0.234 e. The summed E-state index contributed by atoms with van der Waals surface area (Å²) >= 11 is 0. The zero-order chi connectivity index (χ0) is 13.8. The lowest BCUT2D eigenvalue weighted by Crippen LogP contribution is -2.51. The van der Waals surface area contributed by atoms with Gasteiger partial charge in [0, 0.05) is 38.8 Å². The molecule has 0 unspecified atom stereocenters. The maximum atomic E-state index is 11.9. The van der Waals surface area contributed by atoms with Crippen molar-refractivity contribution in [1.29, 1.82) is 0 Å². The highest BCUT2D eigenvalue weighted by Gasteiger charge is 2.29. The zero-order valence-electron chi connectivity index (χ0n) is 12.1. The number of amides is 1. The van der Waals surface area contributed by atoms with Crippen LogP contribution in [0.5, 0.6) is 0 Å². The van der Waals surface area contributed by atoms with Gasteiger partial charge < -0.3 is 10.4 Å². The van der Waals surface area contributed by atoms with E-state index in [1.165, 1.54) is 12.8 Å². The Morgan fingerprint density at radius 2 is 1.79 bits per heavy atom. The summed E-state index contributed by atoms with van der Waals surface area (Å²) in [5.74, 6) is 0.871. The molecule has 1 saturated heterocycles. The number of hydrogen-bond acceptors (Lipinski definition) is 4. The number of carbonyl (C=O) groups is 1. The normalized spacial score (nSPS) is 25.0. The highest BCUT2D eigenvalue weighted by molar-refractivity contribution is 5.78. The third kappa shape index (κ3) is 5.09. The largest absolute Gasteiger partial charge is 0.392 e. The van der Waals surface area contributed by atoms with Gasteiger partial charge >= 0.3 is 0 Å². The molecule has 19 heavy (non-hydrogen) atoms. The van der Waals surface area contributed by atoms with Crippen LogP contribution in [0.1, 0.15) is 26.7 Å². The number of carbonyl (C=O) groups excluding carboxylic acids is 1. The van der Waals surface area contributed by atoms with Gasteiger partial charge in [-0.3, -0.25) is 14.6 Å². The van der Waals surface area contributed by atoms with Crippen LogP contribution in [0.2, 0.25) is 0 Å². The first kappa shape index (κ1) is 14.8. The molecule has 1 aliphatic carbocycles. The molecule has 1 saturated carbocycles. The Balaban J connectivity index is 1.63. The third-order valence-electron chi connectivity index (χ3n) is 4.07. The maximum Gasteiger partial charge on any atom is 0.234 e. The van der Waals surface area contributed by atoms with Crippen LogP contribution in [0, 0.1) is 5.92 Å². The number of aliphatic hydroxyl groups excluding tert-OH is 1. The molecule has 1 heterocycles. The van der Waals surface area contributed by atoms with Crippen molar-refractivity contribution in [3.8, 4) is 0 Å². The van der Waals surface area contributed by atoms with Crippen molar-refractivity contribution < 1.29 is 9.90 Å². The van der Waals surface area contributed by atoms with Gasteiger partial charge in [0.05, 0.1) is 12.6 Å². The summed E-state index contributed by atoms with van der Waals surface area (Å²) in [4.78, 5) is 16.4. The van der Waals surface area contributed by atoms with Crippen molar-refractivity contribution in [2.45, 2.75) is 38.8 Å². The summed E-state index contributed by atoms with van der Waals surface area (Å²) < 4.78 is 0. The van der Waals surface area contributed by atoms with Gasteiger partial charge in [-0.15, -0.1) is 0 Å². The first-order valence-corrected chi connectivity index (χ1v) is 7.46. The van der Waals surface area contributed by atoms with Gasteiger partial charge in [-0.2, -0.15) is 0 Å². The van der Waals surface area contributed by atoms with E-state index in [0.29, 0.717) is 18.5 Å². The van der Waals surface area contributed by atoms with Crippen molar-refractivity contribution in [1.82, 2.24) is 15.1 Å². The quantitative estimate of drug-likeness (QED) is 0.707. The molecule has 0 aromatic carbocycles. The van der Waals surface area contributed by atoms with Gasteiger partial charge in [0.2, 0.25) is 5.91 Å². The molecule has 0 spiro atoms. The molecule has 2 rings (SSSR count). The second-order valence-electron chi connectivity index (χ2n) is 6.12. The van der Waals surface area contributed by atoms with Crippen LogP contribution >= 0.6 is 0 Å². The van der Waals surface area contributed by atoms with E-state index in [1.807, 2.05) is 6.92 Å². The Bertz CT molecular complexity index is 297. The second-order valence-corrected chi connectivity index (χ2v) is 6.12. The number of nitrogens with one attached hydrogen (secondary N) is 1. The molecule has 0 aromatic rings. The number of hydrogen-bond donors (Lipinski definition) is 2. The van der Waals surface area contributed by atoms with Crippen molar-refractivity contribution in [2.75, 3.05) is 39.3 Å². The fraction of sp³-hybridized carbons (Fsp3) is 0.929. The predicted octanol–water partition coefficient (Wildman–Crippen LogP) is -0.100. The lowest BCUT2D eigenvalue weighted by molar-refractivity contribution is -0.123. The lowest BCUT2D eigenvalue weighted by atomic mass is 10.2. The molecule has 110 valence electrons. The molecule has 0 radical (unpaired) electrons. The standard InChI is InChI=1S/C14H27N3O2/c1-11(18)9-16-5-7-17(8-6-16)10-14(19)15-12(2)13-3-4-13/h11-13,18H,3-10H2,1-2H3,(H,15,19)/t11-,12+/m0/s1. The first-order valence-electron chi connectivity index (χ1n) is 7.46. The minimum absolute atomic E-state index is 0.156. The van der Waals surface area contributed by atoms with Gasteiger partial charge in [-0.1, -0.05) is 0 Å². The zero-order valence-corrected chi connectivity index (χ0v) is 12.1. The molecule has 1 aliphatic heterocycles. The third-order valence-corrected chi connectivity index (χ3v) is 4.07. The van der Waals surface area contributed by atoms with Gasteiger partial charge in [-0.25, -0.2) is 0 Å². The van der Waals surface area contributed by atoms with Crippen LogP contribution in [-0.2, 0) is 4.79 Å².